The molecule has 45 valence electrons. The summed E-state index contributed by atoms with van der Waals surface area (Å²) in [5, 5.41) is 0. The molecule has 0 bridgehead atoms. The molecule has 0 amide bonds. The fourth-order valence-corrected chi connectivity index (χ4v) is 0.281. The first-order valence-corrected chi connectivity index (χ1v) is 2.41. The maximum absolute atomic E-state index is 9.50. The Morgan fingerprint density at radius 3 is 2.75 bits per heavy atom. The van der Waals surface area contributed by atoms with Crippen LogP contribution in [0.4, 0.5) is 0 Å². The minimum Gasteiger partial charge on any atom is -0.464 e. The van der Waals surface area contributed by atoms with E-state index in [2.05, 4.69) is 11.7 Å². The van der Waals surface area contributed by atoms with E-state index in [-0.39, 0.29) is 0 Å². The van der Waals surface area contributed by atoms with E-state index in [0.717, 1.165) is 6.42 Å². The van der Waals surface area contributed by atoms with Crippen molar-refractivity contribution in [3.8, 4) is 0 Å². The van der Waals surface area contributed by atoms with Gasteiger partial charge in [-0.15, -0.1) is 0 Å². The average molecular weight is 113 g/mol. The van der Waals surface area contributed by atoms with Gasteiger partial charge >= 0.3 is 0 Å². The number of carbonyl (C=O) groups excluding carboxylic acids is 1. The van der Waals surface area contributed by atoms with Gasteiger partial charge in [0.2, 0.25) is 0 Å². The summed E-state index contributed by atoms with van der Waals surface area (Å²) in [4.78, 5) is 9.50. The van der Waals surface area contributed by atoms with Crippen LogP contribution in [0.15, 0.2) is 12.2 Å². The average Bonchev–Trinajstić information content (AvgIpc) is 1.81. The molecule has 0 heterocycles. The number of carbonyl (C=O) groups is 1. The minimum absolute atomic E-state index is 0.360. The maximum Gasteiger partial charge on any atom is 0.293 e. The van der Waals surface area contributed by atoms with Gasteiger partial charge in [-0.2, -0.15) is 0 Å². The molecule has 0 saturated heterocycles. The van der Waals surface area contributed by atoms with E-state index >= 15 is 0 Å². The Kier molecular flexibility index (Phi) is 5.60. The summed E-state index contributed by atoms with van der Waals surface area (Å²) < 4.78 is 4.34. The van der Waals surface area contributed by atoms with Crippen molar-refractivity contribution < 1.29 is 9.53 Å². The van der Waals surface area contributed by atoms with Crippen LogP contribution in [0.25, 0.3) is 0 Å². The smallest absolute Gasteiger partial charge is 0.293 e. The zero-order valence-corrected chi connectivity index (χ0v) is 4.67. The van der Waals surface area contributed by atoms with Gasteiger partial charge < -0.3 is 4.74 Å². The number of hydrogen-bond acceptors (Lipinski definition) is 2. The van der Waals surface area contributed by atoms with Crippen molar-refractivity contribution in [1.82, 2.24) is 0 Å². The molecule has 0 rings (SSSR count). The van der Waals surface area contributed by atoms with Crippen molar-refractivity contribution in [2.24, 2.45) is 0 Å². The van der Waals surface area contributed by atoms with Crippen LogP contribution in [-0.4, -0.2) is 13.1 Å². The molecular formula is C6H9O2. The zero-order valence-electron chi connectivity index (χ0n) is 4.67. The Bertz CT molecular complexity index is 76.6. The largest absolute Gasteiger partial charge is 0.464 e. The van der Waals surface area contributed by atoms with Crippen LogP contribution in [0.1, 0.15) is 6.42 Å². The normalized spacial score (nSPS) is 9.62. The van der Waals surface area contributed by atoms with Crippen molar-refractivity contribution in [1.29, 1.82) is 0 Å². The third-order valence-corrected chi connectivity index (χ3v) is 0.594. The standard InChI is InChI=1S/C6H9O2/c1-2-3-4-5-8-6-7/h3-4,6H,1-2,5H2/b4-3+. The monoisotopic (exact) mass is 113 g/mol. The molecule has 0 aliphatic heterocycles. The van der Waals surface area contributed by atoms with Gasteiger partial charge in [-0.05, 0) is 13.3 Å². The molecule has 0 atom stereocenters. The zero-order chi connectivity index (χ0) is 6.24. The Hall–Kier alpha value is -0.790. The predicted octanol–water partition coefficient (Wildman–Crippen LogP) is 0.940. The van der Waals surface area contributed by atoms with Gasteiger partial charge in [0.25, 0.3) is 6.47 Å². The second kappa shape index (κ2) is 6.21. The lowest BCUT2D eigenvalue weighted by atomic mass is 10.4. The molecule has 0 aliphatic rings. The van der Waals surface area contributed by atoms with E-state index in [1.54, 1.807) is 6.08 Å². The van der Waals surface area contributed by atoms with Crippen molar-refractivity contribution >= 4 is 6.47 Å². The summed E-state index contributed by atoms with van der Waals surface area (Å²) in [7, 11) is 0. The first-order valence-electron chi connectivity index (χ1n) is 2.41. The lowest BCUT2D eigenvalue weighted by Crippen LogP contribution is -1.84. The van der Waals surface area contributed by atoms with Gasteiger partial charge in [-0.3, -0.25) is 4.79 Å². The number of hydrogen-bond donors (Lipinski definition) is 0. The van der Waals surface area contributed by atoms with E-state index in [0.29, 0.717) is 13.1 Å². The SMILES string of the molecule is [CH2]C/C=C/COC=O. The molecule has 0 aromatic heterocycles. The van der Waals surface area contributed by atoms with Gasteiger partial charge in [0, 0.05) is 0 Å². The highest BCUT2D eigenvalue weighted by Gasteiger charge is 1.71. The first kappa shape index (κ1) is 7.21. The highest BCUT2D eigenvalue weighted by atomic mass is 16.5. The fraction of sp³-hybridized carbons (Fsp3) is 0.333. The van der Waals surface area contributed by atoms with E-state index in [1.165, 1.54) is 0 Å². The topological polar surface area (TPSA) is 26.3 Å². The van der Waals surface area contributed by atoms with Crippen LogP contribution in [0.2, 0.25) is 0 Å². The highest BCUT2D eigenvalue weighted by Crippen LogP contribution is 1.77. The van der Waals surface area contributed by atoms with E-state index < -0.39 is 0 Å². The Labute approximate surface area is 49.1 Å². The minimum atomic E-state index is 0.360. The lowest BCUT2D eigenvalue weighted by Gasteiger charge is -1.85. The second-order valence-electron chi connectivity index (χ2n) is 1.19. The number of allylic oxidation sites excluding steroid dienone is 1. The molecule has 2 nitrogen and oxygen atoms in total. The third-order valence-electron chi connectivity index (χ3n) is 0.594. The van der Waals surface area contributed by atoms with E-state index in [9.17, 15) is 4.79 Å². The van der Waals surface area contributed by atoms with Crippen LogP contribution in [0.5, 0.6) is 0 Å². The fourth-order valence-electron chi connectivity index (χ4n) is 0.281. The summed E-state index contributed by atoms with van der Waals surface area (Å²) in [6.45, 7) is 4.34. The molecule has 0 saturated carbocycles. The third kappa shape index (κ3) is 5.21. The summed E-state index contributed by atoms with van der Waals surface area (Å²) in [6, 6.07) is 0. The van der Waals surface area contributed by atoms with Crippen LogP contribution in [0.3, 0.4) is 0 Å². The second-order valence-corrected chi connectivity index (χ2v) is 1.19. The summed E-state index contributed by atoms with van der Waals surface area (Å²) in [6.07, 6.45) is 4.33. The molecule has 0 aliphatic carbocycles. The van der Waals surface area contributed by atoms with Crippen molar-refractivity contribution in [3.63, 3.8) is 0 Å². The van der Waals surface area contributed by atoms with Crippen molar-refractivity contribution in [3.05, 3.63) is 19.1 Å². The Morgan fingerprint density at radius 1 is 1.50 bits per heavy atom. The van der Waals surface area contributed by atoms with Gasteiger partial charge in [-0.1, -0.05) is 12.2 Å². The van der Waals surface area contributed by atoms with E-state index in [4.69, 9.17) is 0 Å². The molecule has 8 heavy (non-hydrogen) atoms. The lowest BCUT2D eigenvalue weighted by molar-refractivity contribution is -0.127. The van der Waals surface area contributed by atoms with Crippen LogP contribution in [0, 0.1) is 6.92 Å². The van der Waals surface area contributed by atoms with Crippen molar-refractivity contribution in [2.45, 2.75) is 6.42 Å². The molecule has 1 radical (unpaired) electrons. The Balaban J connectivity index is 2.90. The van der Waals surface area contributed by atoms with Crippen LogP contribution >= 0.6 is 0 Å². The molecule has 0 fully saturated rings. The maximum atomic E-state index is 9.50. The van der Waals surface area contributed by atoms with Gasteiger partial charge in [0.15, 0.2) is 0 Å². The van der Waals surface area contributed by atoms with Gasteiger partial charge in [0.05, 0.1) is 0 Å². The predicted molar refractivity (Wildman–Crippen MR) is 31.1 cm³/mol. The van der Waals surface area contributed by atoms with Crippen molar-refractivity contribution in [2.75, 3.05) is 6.61 Å². The summed E-state index contributed by atoms with van der Waals surface area (Å²) in [5.41, 5.74) is 0. The van der Waals surface area contributed by atoms with Crippen LogP contribution in [-0.2, 0) is 9.53 Å². The molecule has 0 N–H and O–H groups in total. The number of ether oxygens (including phenoxy) is 1. The molecule has 0 spiro atoms. The number of rotatable bonds is 4. The Morgan fingerprint density at radius 2 is 2.25 bits per heavy atom. The van der Waals surface area contributed by atoms with Gasteiger partial charge in [0.1, 0.15) is 6.61 Å². The molecule has 0 aromatic carbocycles. The molecule has 2 heteroatoms. The van der Waals surface area contributed by atoms with Gasteiger partial charge in [-0.25, -0.2) is 0 Å². The quantitative estimate of drug-likeness (QED) is 0.308. The van der Waals surface area contributed by atoms with E-state index in [1.807, 2.05) is 6.08 Å². The first-order chi connectivity index (χ1) is 3.91. The van der Waals surface area contributed by atoms with Crippen LogP contribution < -0.4 is 0 Å². The summed E-state index contributed by atoms with van der Waals surface area (Å²) in [5.74, 6) is 0. The highest BCUT2D eigenvalue weighted by molar-refractivity contribution is 5.37. The summed E-state index contributed by atoms with van der Waals surface area (Å²) >= 11 is 0. The molecule has 0 unspecified atom stereocenters. The molecular weight excluding hydrogens is 104 g/mol. The molecule has 0 aromatic rings.